The molecular formula is C13H18O2S. The lowest BCUT2D eigenvalue weighted by Crippen LogP contribution is -2.21. The largest absolute Gasteiger partial charge is 0.469 e. The molecule has 0 saturated heterocycles. The van der Waals surface area contributed by atoms with Crippen LogP contribution in [-0.2, 0) is 9.53 Å². The molecule has 1 aromatic rings. The normalized spacial score (nSPS) is 14.2. The van der Waals surface area contributed by atoms with Gasteiger partial charge in [0.1, 0.15) is 0 Å². The fourth-order valence-electron chi connectivity index (χ4n) is 1.38. The zero-order valence-corrected chi connectivity index (χ0v) is 11.0. The number of rotatable bonds is 4. The molecule has 2 atom stereocenters. The van der Waals surface area contributed by atoms with Crippen LogP contribution in [0.4, 0.5) is 0 Å². The highest BCUT2D eigenvalue weighted by Crippen LogP contribution is 2.28. The van der Waals surface area contributed by atoms with Gasteiger partial charge in [0.05, 0.1) is 13.0 Å². The second-order valence-electron chi connectivity index (χ2n) is 3.95. The summed E-state index contributed by atoms with van der Waals surface area (Å²) in [7, 11) is 1.43. The van der Waals surface area contributed by atoms with Crippen LogP contribution in [0.5, 0.6) is 0 Å². The summed E-state index contributed by atoms with van der Waals surface area (Å²) < 4.78 is 4.74. The number of esters is 1. The van der Waals surface area contributed by atoms with Crippen LogP contribution >= 0.6 is 11.8 Å². The smallest absolute Gasteiger partial charge is 0.309 e. The quantitative estimate of drug-likeness (QED) is 0.595. The number of ether oxygens (including phenoxy) is 1. The predicted octanol–water partition coefficient (Wildman–Crippen LogP) is 3.28. The summed E-state index contributed by atoms with van der Waals surface area (Å²) in [6, 6.07) is 8.30. The van der Waals surface area contributed by atoms with Crippen molar-refractivity contribution in [3.05, 3.63) is 29.8 Å². The first-order chi connectivity index (χ1) is 7.54. The van der Waals surface area contributed by atoms with Crippen molar-refractivity contribution in [1.29, 1.82) is 0 Å². The minimum absolute atomic E-state index is 0.0875. The summed E-state index contributed by atoms with van der Waals surface area (Å²) in [5.41, 5.74) is 1.24. The number of methoxy groups -OCH3 is 1. The topological polar surface area (TPSA) is 26.3 Å². The van der Waals surface area contributed by atoms with E-state index in [1.54, 1.807) is 11.8 Å². The minimum Gasteiger partial charge on any atom is -0.469 e. The number of thioether (sulfide) groups is 1. The number of hydrogen-bond donors (Lipinski definition) is 0. The number of carbonyl (C=O) groups is 1. The van der Waals surface area contributed by atoms with E-state index in [1.807, 2.05) is 13.0 Å². The Balaban J connectivity index is 2.64. The molecule has 0 radical (unpaired) electrons. The molecule has 0 aromatic heterocycles. The molecule has 88 valence electrons. The Morgan fingerprint density at radius 1 is 1.38 bits per heavy atom. The summed E-state index contributed by atoms with van der Waals surface area (Å²) in [6.45, 7) is 6.02. The molecule has 0 N–H and O–H groups in total. The van der Waals surface area contributed by atoms with E-state index in [4.69, 9.17) is 4.74 Å². The first kappa shape index (κ1) is 13.1. The standard InChI is InChI=1S/C13H18O2S/c1-9-6-5-7-12(8-9)16-11(3)10(2)13(14)15-4/h5-8,10-11H,1-4H3. The number of aryl methyl sites for hydroxylation is 1. The second-order valence-corrected chi connectivity index (χ2v) is 5.40. The van der Waals surface area contributed by atoms with E-state index < -0.39 is 0 Å². The monoisotopic (exact) mass is 238 g/mol. The van der Waals surface area contributed by atoms with Crippen LogP contribution < -0.4 is 0 Å². The highest BCUT2D eigenvalue weighted by Gasteiger charge is 2.21. The van der Waals surface area contributed by atoms with Gasteiger partial charge in [0.15, 0.2) is 0 Å². The van der Waals surface area contributed by atoms with E-state index in [1.165, 1.54) is 17.6 Å². The van der Waals surface area contributed by atoms with Crippen molar-refractivity contribution >= 4 is 17.7 Å². The molecule has 0 spiro atoms. The molecule has 2 unspecified atom stereocenters. The van der Waals surface area contributed by atoms with Gasteiger partial charge in [0, 0.05) is 10.1 Å². The maximum absolute atomic E-state index is 11.4. The molecule has 0 fully saturated rings. The summed E-state index contributed by atoms with van der Waals surface area (Å²) in [4.78, 5) is 12.6. The average Bonchev–Trinajstić information content (AvgIpc) is 2.27. The van der Waals surface area contributed by atoms with Gasteiger partial charge in [-0.05, 0) is 19.1 Å². The van der Waals surface area contributed by atoms with Gasteiger partial charge in [0.25, 0.3) is 0 Å². The van der Waals surface area contributed by atoms with Crippen LogP contribution in [0, 0.1) is 12.8 Å². The fourth-order valence-corrected chi connectivity index (χ4v) is 2.54. The molecular weight excluding hydrogens is 220 g/mol. The van der Waals surface area contributed by atoms with Crippen molar-refractivity contribution in [3.63, 3.8) is 0 Å². The van der Waals surface area contributed by atoms with E-state index in [0.717, 1.165) is 0 Å². The zero-order chi connectivity index (χ0) is 12.1. The number of hydrogen-bond acceptors (Lipinski definition) is 3. The van der Waals surface area contributed by atoms with Crippen LogP contribution in [0.1, 0.15) is 19.4 Å². The Labute approximate surface area is 101 Å². The molecule has 0 aliphatic rings. The molecule has 0 aliphatic heterocycles. The summed E-state index contributed by atoms with van der Waals surface area (Å²) in [5, 5.41) is 0.217. The molecule has 0 heterocycles. The molecule has 0 saturated carbocycles. The molecule has 0 bridgehead atoms. The summed E-state index contributed by atoms with van der Waals surface area (Å²) in [6.07, 6.45) is 0. The van der Waals surface area contributed by atoms with E-state index in [0.29, 0.717) is 0 Å². The first-order valence-electron chi connectivity index (χ1n) is 5.35. The molecule has 3 heteroatoms. The van der Waals surface area contributed by atoms with Crippen LogP contribution in [0.25, 0.3) is 0 Å². The van der Waals surface area contributed by atoms with Gasteiger partial charge >= 0.3 is 5.97 Å². The van der Waals surface area contributed by atoms with Gasteiger partial charge in [-0.3, -0.25) is 4.79 Å². The van der Waals surface area contributed by atoms with E-state index in [9.17, 15) is 4.79 Å². The summed E-state index contributed by atoms with van der Waals surface area (Å²) >= 11 is 1.71. The number of carbonyl (C=O) groups excluding carboxylic acids is 1. The fraction of sp³-hybridized carbons (Fsp3) is 0.462. The van der Waals surface area contributed by atoms with Gasteiger partial charge < -0.3 is 4.74 Å². The molecule has 16 heavy (non-hydrogen) atoms. The predicted molar refractivity (Wildman–Crippen MR) is 67.7 cm³/mol. The van der Waals surface area contributed by atoms with Crippen LogP contribution in [0.3, 0.4) is 0 Å². The molecule has 1 rings (SSSR count). The SMILES string of the molecule is COC(=O)C(C)C(C)Sc1cccc(C)c1. The lowest BCUT2D eigenvalue weighted by molar-refractivity contribution is -0.144. The minimum atomic E-state index is -0.146. The van der Waals surface area contributed by atoms with E-state index in [2.05, 4.69) is 32.0 Å². The molecule has 0 amide bonds. The van der Waals surface area contributed by atoms with Crippen LogP contribution in [0.15, 0.2) is 29.2 Å². The number of benzene rings is 1. The Morgan fingerprint density at radius 2 is 2.06 bits per heavy atom. The third kappa shape index (κ3) is 3.56. The van der Waals surface area contributed by atoms with Gasteiger partial charge in [0.2, 0.25) is 0 Å². The molecule has 2 nitrogen and oxygen atoms in total. The van der Waals surface area contributed by atoms with Crippen molar-refractivity contribution in [1.82, 2.24) is 0 Å². The maximum Gasteiger partial charge on any atom is 0.309 e. The van der Waals surface area contributed by atoms with Crippen molar-refractivity contribution in [2.45, 2.75) is 30.9 Å². The van der Waals surface area contributed by atoms with Gasteiger partial charge in [-0.25, -0.2) is 0 Å². The Hall–Kier alpha value is -0.960. The average molecular weight is 238 g/mol. The van der Waals surface area contributed by atoms with Crippen LogP contribution in [-0.4, -0.2) is 18.3 Å². The Morgan fingerprint density at radius 3 is 2.62 bits per heavy atom. The molecule has 0 aliphatic carbocycles. The summed E-state index contributed by atoms with van der Waals surface area (Å²) in [5.74, 6) is -0.233. The third-order valence-electron chi connectivity index (χ3n) is 2.59. The lowest BCUT2D eigenvalue weighted by Gasteiger charge is -2.17. The highest BCUT2D eigenvalue weighted by molar-refractivity contribution is 8.00. The second kappa shape index (κ2) is 5.94. The van der Waals surface area contributed by atoms with Crippen LogP contribution in [0.2, 0.25) is 0 Å². The van der Waals surface area contributed by atoms with Crippen molar-refractivity contribution in [3.8, 4) is 0 Å². The maximum atomic E-state index is 11.4. The van der Waals surface area contributed by atoms with Crippen molar-refractivity contribution in [2.75, 3.05) is 7.11 Å². The van der Waals surface area contributed by atoms with E-state index in [-0.39, 0.29) is 17.1 Å². The van der Waals surface area contributed by atoms with Gasteiger partial charge in [-0.15, -0.1) is 11.8 Å². The highest BCUT2D eigenvalue weighted by atomic mass is 32.2. The molecule has 1 aromatic carbocycles. The van der Waals surface area contributed by atoms with Crippen molar-refractivity contribution < 1.29 is 9.53 Å². The Bertz CT molecular complexity index is 363. The first-order valence-corrected chi connectivity index (χ1v) is 6.23. The van der Waals surface area contributed by atoms with Crippen molar-refractivity contribution in [2.24, 2.45) is 5.92 Å². The third-order valence-corrected chi connectivity index (χ3v) is 3.89. The van der Waals surface area contributed by atoms with Gasteiger partial charge in [-0.1, -0.05) is 31.5 Å². The Kier molecular flexibility index (Phi) is 4.87. The van der Waals surface area contributed by atoms with Gasteiger partial charge in [-0.2, -0.15) is 0 Å². The van der Waals surface area contributed by atoms with E-state index >= 15 is 0 Å². The lowest BCUT2D eigenvalue weighted by atomic mass is 10.1. The zero-order valence-electron chi connectivity index (χ0n) is 10.2.